The minimum atomic E-state index is -0.127. The number of fused-ring (bicyclic) bond motifs is 1. The van der Waals surface area contributed by atoms with Crippen molar-refractivity contribution >= 4 is 16.9 Å². The average molecular weight is 385 g/mol. The van der Waals surface area contributed by atoms with Crippen molar-refractivity contribution in [2.75, 3.05) is 7.05 Å². The summed E-state index contributed by atoms with van der Waals surface area (Å²) >= 11 is 0. The van der Waals surface area contributed by atoms with E-state index < -0.39 is 0 Å². The topological polar surface area (TPSA) is 72.7 Å². The SMILES string of the molecule is CCn1c(-c2ncncc2-c2ccc(C)cc2C)nc2cc(C(=O)NC)ccc21. The van der Waals surface area contributed by atoms with Crippen LogP contribution in [0.1, 0.15) is 28.4 Å². The Balaban J connectivity index is 1.94. The summed E-state index contributed by atoms with van der Waals surface area (Å²) in [6.45, 7) is 6.99. The molecule has 0 unspecified atom stereocenters. The number of rotatable bonds is 4. The molecule has 0 radical (unpaired) electrons. The van der Waals surface area contributed by atoms with Crippen molar-refractivity contribution < 1.29 is 4.79 Å². The molecule has 1 amide bonds. The number of nitrogens with zero attached hydrogens (tertiary/aromatic N) is 4. The Hall–Kier alpha value is -3.54. The Morgan fingerprint density at radius 2 is 1.93 bits per heavy atom. The number of imidazole rings is 1. The highest BCUT2D eigenvalue weighted by Gasteiger charge is 2.19. The molecule has 4 aromatic rings. The van der Waals surface area contributed by atoms with Gasteiger partial charge in [0.05, 0.1) is 11.0 Å². The number of carbonyl (C=O) groups is 1. The zero-order chi connectivity index (χ0) is 20.5. The largest absolute Gasteiger partial charge is 0.355 e. The third kappa shape index (κ3) is 3.27. The highest BCUT2D eigenvalue weighted by atomic mass is 16.1. The van der Waals surface area contributed by atoms with Gasteiger partial charge >= 0.3 is 0 Å². The number of nitrogens with one attached hydrogen (secondary N) is 1. The Morgan fingerprint density at radius 3 is 2.66 bits per heavy atom. The second-order valence-electron chi connectivity index (χ2n) is 7.07. The second-order valence-corrected chi connectivity index (χ2v) is 7.07. The van der Waals surface area contributed by atoms with Gasteiger partial charge in [-0.15, -0.1) is 0 Å². The van der Waals surface area contributed by atoms with Crippen LogP contribution >= 0.6 is 0 Å². The Kier molecular flexibility index (Phi) is 4.84. The number of hydrogen-bond donors (Lipinski definition) is 1. The molecule has 2 aromatic heterocycles. The van der Waals surface area contributed by atoms with Gasteiger partial charge in [-0.2, -0.15) is 0 Å². The molecule has 0 aliphatic rings. The van der Waals surface area contributed by atoms with E-state index >= 15 is 0 Å². The Labute approximate surface area is 169 Å². The van der Waals surface area contributed by atoms with Gasteiger partial charge in [0.25, 0.3) is 5.91 Å². The molecule has 0 spiro atoms. The lowest BCUT2D eigenvalue weighted by Crippen LogP contribution is -2.17. The number of benzene rings is 2. The Morgan fingerprint density at radius 1 is 1.10 bits per heavy atom. The summed E-state index contributed by atoms with van der Waals surface area (Å²) in [6, 6.07) is 11.9. The second kappa shape index (κ2) is 7.47. The summed E-state index contributed by atoms with van der Waals surface area (Å²) in [6.07, 6.45) is 3.40. The maximum atomic E-state index is 12.0. The molecule has 146 valence electrons. The normalized spacial score (nSPS) is 11.0. The lowest BCUT2D eigenvalue weighted by Gasteiger charge is -2.12. The third-order valence-electron chi connectivity index (χ3n) is 5.15. The monoisotopic (exact) mass is 385 g/mol. The van der Waals surface area contributed by atoms with E-state index in [1.54, 1.807) is 13.4 Å². The van der Waals surface area contributed by atoms with E-state index in [9.17, 15) is 4.79 Å². The summed E-state index contributed by atoms with van der Waals surface area (Å²) in [4.78, 5) is 25.7. The zero-order valence-electron chi connectivity index (χ0n) is 17.0. The molecule has 0 aliphatic carbocycles. The van der Waals surface area contributed by atoms with E-state index in [0.29, 0.717) is 5.56 Å². The molecular weight excluding hydrogens is 362 g/mol. The molecule has 6 heteroatoms. The first-order valence-electron chi connectivity index (χ1n) is 9.63. The molecule has 2 heterocycles. The molecular formula is C23H23N5O. The van der Waals surface area contributed by atoms with Gasteiger partial charge in [0.15, 0.2) is 5.82 Å². The number of hydrogen-bond acceptors (Lipinski definition) is 4. The van der Waals surface area contributed by atoms with Crippen molar-refractivity contribution in [2.45, 2.75) is 27.3 Å². The molecule has 0 saturated heterocycles. The van der Waals surface area contributed by atoms with Crippen LogP contribution in [0.5, 0.6) is 0 Å². The van der Waals surface area contributed by atoms with Gasteiger partial charge in [-0.25, -0.2) is 15.0 Å². The standard InChI is InChI=1S/C23H23N5O/c1-5-28-20-9-7-16(23(29)24-4)11-19(20)27-22(28)21-18(12-25-13-26-21)17-8-6-14(2)10-15(17)3/h6-13H,5H2,1-4H3,(H,24,29). The maximum Gasteiger partial charge on any atom is 0.251 e. The van der Waals surface area contributed by atoms with E-state index in [0.717, 1.165) is 40.2 Å². The van der Waals surface area contributed by atoms with Crippen LogP contribution in [0.25, 0.3) is 33.7 Å². The Bertz CT molecular complexity index is 1230. The van der Waals surface area contributed by atoms with Crippen molar-refractivity contribution in [3.8, 4) is 22.6 Å². The van der Waals surface area contributed by atoms with E-state index in [4.69, 9.17) is 4.98 Å². The molecule has 2 aromatic carbocycles. The van der Waals surface area contributed by atoms with Crippen molar-refractivity contribution in [1.82, 2.24) is 24.8 Å². The van der Waals surface area contributed by atoms with Crippen LogP contribution < -0.4 is 5.32 Å². The van der Waals surface area contributed by atoms with E-state index in [1.807, 2.05) is 24.4 Å². The summed E-state index contributed by atoms with van der Waals surface area (Å²) in [5, 5.41) is 2.66. The summed E-state index contributed by atoms with van der Waals surface area (Å²) < 4.78 is 2.12. The van der Waals surface area contributed by atoms with Gasteiger partial charge in [-0.05, 0) is 50.1 Å². The van der Waals surface area contributed by atoms with Crippen LogP contribution in [0, 0.1) is 13.8 Å². The first kappa shape index (κ1) is 18.8. The highest BCUT2D eigenvalue weighted by Crippen LogP contribution is 2.33. The van der Waals surface area contributed by atoms with Crippen LogP contribution in [0.2, 0.25) is 0 Å². The fraction of sp³-hybridized carbons (Fsp3) is 0.217. The first-order valence-corrected chi connectivity index (χ1v) is 9.63. The number of amides is 1. The lowest BCUT2D eigenvalue weighted by atomic mass is 9.98. The smallest absolute Gasteiger partial charge is 0.251 e. The van der Waals surface area contributed by atoms with E-state index in [1.165, 1.54) is 11.1 Å². The summed E-state index contributed by atoms with van der Waals surface area (Å²) in [5.74, 6) is 0.645. The van der Waals surface area contributed by atoms with Crippen LogP contribution in [0.3, 0.4) is 0 Å². The molecule has 0 atom stereocenters. The van der Waals surface area contributed by atoms with Gasteiger partial charge < -0.3 is 9.88 Å². The molecule has 0 aliphatic heterocycles. The predicted molar refractivity (Wildman–Crippen MR) is 115 cm³/mol. The quantitative estimate of drug-likeness (QED) is 0.573. The van der Waals surface area contributed by atoms with Crippen LogP contribution in [0.15, 0.2) is 48.9 Å². The molecule has 0 fully saturated rings. The van der Waals surface area contributed by atoms with Crippen molar-refractivity contribution in [3.05, 3.63) is 65.6 Å². The average Bonchev–Trinajstić information content (AvgIpc) is 3.10. The van der Waals surface area contributed by atoms with Crippen LogP contribution in [-0.4, -0.2) is 32.5 Å². The predicted octanol–water partition coefficient (Wildman–Crippen LogP) is 4.16. The fourth-order valence-electron chi connectivity index (χ4n) is 3.74. The van der Waals surface area contributed by atoms with E-state index in [2.05, 4.69) is 58.8 Å². The van der Waals surface area contributed by atoms with Gasteiger partial charge in [-0.3, -0.25) is 4.79 Å². The van der Waals surface area contributed by atoms with Crippen molar-refractivity contribution in [2.24, 2.45) is 0 Å². The van der Waals surface area contributed by atoms with Gasteiger partial charge in [0, 0.05) is 30.9 Å². The summed E-state index contributed by atoms with van der Waals surface area (Å²) in [5.41, 5.74) is 7.53. The van der Waals surface area contributed by atoms with Crippen LogP contribution in [-0.2, 0) is 6.54 Å². The number of carbonyl (C=O) groups excluding carboxylic acids is 1. The van der Waals surface area contributed by atoms with Crippen molar-refractivity contribution in [1.29, 1.82) is 0 Å². The summed E-state index contributed by atoms with van der Waals surface area (Å²) in [7, 11) is 1.62. The third-order valence-corrected chi connectivity index (χ3v) is 5.15. The molecule has 0 saturated carbocycles. The molecule has 4 rings (SSSR count). The van der Waals surface area contributed by atoms with Gasteiger partial charge in [0.2, 0.25) is 0 Å². The lowest BCUT2D eigenvalue weighted by molar-refractivity contribution is 0.0963. The maximum absolute atomic E-state index is 12.0. The number of aryl methyl sites for hydroxylation is 3. The zero-order valence-corrected chi connectivity index (χ0v) is 17.0. The van der Waals surface area contributed by atoms with Gasteiger partial charge in [0.1, 0.15) is 12.0 Å². The van der Waals surface area contributed by atoms with E-state index in [-0.39, 0.29) is 5.91 Å². The first-order chi connectivity index (χ1) is 14.0. The fourth-order valence-corrected chi connectivity index (χ4v) is 3.74. The van der Waals surface area contributed by atoms with Crippen LogP contribution in [0.4, 0.5) is 0 Å². The minimum Gasteiger partial charge on any atom is -0.355 e. The molecule has 6 nitrogen and oxygen atoms in total. The van der Waals surface area contributed by atoms with Gasteiger partial charge in [-0.1, -0.05) is 23.8 Å². The minimum absolute atomic E-state index is 0.127. The highest BCUT2D eigenvalue weighted by molar-refractivity contribution is 5.98. The number of aromatic nitrogens is 4. The molecule has 0 bridgehead atoms. The molecule has 1 N–H and O–H groups in total. The molecule has 29 heavy (non-hydrogen) atoms. The van der Waals surface area contributed by atoms with Crippen molar-refractivity contribution in [3.63, 3.8) is 0 Å².